The van der Waals surface area contributed by atoms with E-state index in [1.165, 1.54) is 6.92 Å². The van der Waals surface area contributed by atoms with E-state index >= 15 is 0 Å². The number of Topliss-reactive ketones (excluding diaryl/α,β-unsaturated/α-hetero) is 1. The van der Waals surface area contributed by atoms with E-state index < -0.39 is 24.4 Å². The zero-order valence-corrected chi connectivity index (χ0v) is 14.8. The lowest BCUT2D eigenvalue weighted by Gasteiger charge is -2.37. The van der Waals surface area contributed by atoms with E-state index in [-0.39, 0.29) is 36.2 Å². The summed E-state index contributed by atoms with van der Waals surface area (Å²) in [6, 6.07) is 0. The second-order valence-corrected chi connectivity index (χ2v) is 6.49. The van der Waals surface area contributed by atoms with E-state index in [1.807, 2.05) is 20.8 Å². The minimum Gasteiger partial charge on any atom is -0.393 e. The van der Waals surface area contributed by atoms with Gasteiger partial charge in [0.25, 0.3) is 0 Å². The Labute approximate surface area is 138 Å². The summed E-state index contributed by atoms with van der Waals surface area (Å²) in [6.45, 7) is 9.42. The summed E-state index contributed by atoms with van der Waals surface area (Å²) in [5, 5.41) is 29.8. The zero-order valence-electron chi connectivity index (χ0n) is 14.8. The number of hydrogen-bond donors (Lipinski definition) is 3. The summed E-state index contributed by atoms with van der Waals surface area (Å²) in [6.07, 6.45) is -2.30. The molecule has 0 aromatic carbocycles. The van der Waals surface area contributed by atoms with Crippen molar-refractivity contribution < 1.29 is 29.6 Å². The van der Waals surface area contributed by atoms with Gasteiger partial charge in [-0.3, -0.25) is 4.79 Å². The molecule has 8 atom stereocenters. The third kappa shape index (κ3) is 5.50. The minimum absolute atomic E-state index is 0.00397. The van der Waals surface area contributed by atoms with Crippen LogP contribution >= 0.6 is 0 Å². The molecule has 0 saturated carbocycles. The number of carbonyl (C=O) groups is 1. The van der Waals surface area contributed by atoms with Gasteiger partial charge in [-0.1, -0.05) is 20.8 Å². The van der Waals surface area contributed by atoms with Crippen molar-refractivity contribution in [3.05, 3.63) is 0 Å². The van der Waals surface area contributed by atoms with Gasteiger partial charge >= 0.3 is 0 Å². The van der Waals surface area contributed by atoms with E-state index in [9.17, 15) is 20.1 Å². The maximum atomic E-state index is 11.1. The molecule has 2 rings (SSSR count). The van der Waals surface area contributed by atoms with Gasteiger partial charge in [0.15, 0.2) is 0 Å². The van der Waals surface area contributed by atoms with Crippen LogP contribution in [0.5, 0.6) is 0 Å². The second-order valence-electron chi connectivity index (χ2n) is 6.49. The number of aliphatic hydroxyl groups is 3. The van der Waals surface area contributed by atoms with Crippen molar-refractivity contribution in [1.82, 2.24) is 0 Å². The Morgan fingerprint density at radius 2 is 1.78 bits per heavy atom. The molecule has 2 aliphatic heterocycles. The van der Waals surface area contributed by atoms with Crippen molar-refractivity contribution >= 4 is 5.78 Å². The summed E-state index contributed by atoms with van der Waals surface area (Å²) in [7, 11) is 0. The Balaban J connectivity index is 0.00000127. The molecule has 0 spiro atoms. The maximum absolute atomic E-state index is 11.1. The molecule has 0 amide bonds. The molecule has 0 aromatic heterocycles. The minimum atomic E-state index is -1.04. The zero-order chi connectivity index (χ0) is 17.7. The van der Waals surface area contributed by atoms with Gasteiger partial charge in [-0.05, 0) is 20.3 Å². The van der Waals surface area contributed by atoms with Crippen LogP contribution in [0.4, 0.5) is 0 Å². The molecule has 2 aliphatic rings. The number of epoxide rings is 1. The van der Waals surface area contributed by atoms with Crippen LogP contribution in [0.25, 0.3) is 0 Å². The quantitative estimate of drug-likeness (QED) is 0.625. The van der Waals surface area contributed by atoms with Crippen molar-refractivity contribution in [2.75, 3.05) is 6.61 Å². The monoisotopic (exact) mass is 332 g/mol. The highest BCUT2D eigenvalue weighted by molar-refractivity contribution is 5.76. The molecule has 0 aliphatic carbocycles. The second kappa shape index (κ2) is 9.08. The number of ketones is 1. The first kappa shape index (κ1) is 20.5. The predicted molar refractivity (Wildman–Crippen MR) is 86.0 cm³/mol. The van der Waals surface area contributed by atoms with Gasteiger partial charge in [0.05, 0.1) is 37.1 Å². The van der Waals surface area contributed by atoms with E-state index in [2.05, 4.69) is 0 Å². The highest BCUT2D eigenvalue weighted by atomic mass is 16.6. The fourth-order valence-electron chi connectivity index (χ4n) is 3.00. The normalized spacial score (nSPS) is 39.0. The number of aliphatic hydroxyl groups excluding tert-OH is 3. The van der Waals surface area contributed by atoms with Gasteiger partial charge in [0.1, 0.15) is 11.9 Å². The number of rotatable bonds is 6. The van der Waals surface area contributed by atoms with Crippen LogP contribution in [-0.4, -0.2) is 64.3 Å². The molecule has 2 fully saturated rings. The van der Waals surface area contributed by atoms with Gasteiger partial charge in [0, 0.05) is 18.3 Å². The summed E-state index contributed by atoms with van der Waals surface area (Å²) in [4.78, 5) is 11.1. The molecule has 0 bridgehead atoms. The molecule has 0 aromatic rings. The van der Waals surface area contributed by atoms with Gasteiger partial charge in [-0.2, -0.15) is 0 Å². The fourth-order valence-corrected chi connectivity index (χ4v) is 3.00. The first-order chi connectivity index (χ1) is 10.8. The molecular formula is C17H32O6. The third-order valence-electron chi connectivity index (χ3n) is 4.66. The summed E-state index contributed by atoms with van der Waals surface area (Å²) in [5.74, 6) is -0.229. The Kier molecular flexibility index (Phi) is 8.10. The molecule has 2 saturated heterocycles. The van der Waals surface area contributed by atoms with Crippen LogP contribution in [0.2, 0.25) is 0 Å². The highest BCUT2D eigenvalue weighted by Gasteiger charge is 2.48. The Hall–Kier alpha value is -0.530. The Morgan fingerprint density at radius 1 is 1.17 bits per heavy atom. The van der Waals surface area contributed by atoms with Gasteiger partial charge in [-0.15, -0.1) is 0 Å². The smallest absolute Gasteiger partial charge is 0.132 e. The number of ether oxygens (including phenoxy) is 2. The lowest BCUT2D eigenvalue weighted by Crippen LogP contribution is -2.51. The lowest BCUT2D eigenvalue weighted by molar-refractivity contribution is -0.170. The van der Waals surface area contributed by atoms with Crippen molar-refractivity contribution in [2.45, 2.75) is 84.1 Å². The van der Waals surface area contributed by atoms with Gasteiger partial charge < -0.3 is 24.8 Å². The van der Waals surface area contributed by atoms with Crippen LogP contribution in [-0.2, 0) is 14.3 Å². The standard InChI is InChI=1S/C15H26O6.C2H6/c1-7(16)4-11-14(19)13(18)10(6-20-11)5-12-15(21-12)8(2)9(3)17;1-2/h8-15,17-19H,4-6H2,1-3H3;1-2H3/t8-,9?,10-,11?,12?,13?,14?,15?;/m0./s1. The molecule has 6 unspecified atom stereocenters. The highest BCUT2D eigenvalue weighted by Crippen LogP contribution is 2.38. The largest absolute Gasteiger partial charge is 0.393 e. The molecule has 23 heavy (non-hydrogen) atoms. The molecule has 3 N–H and O–H groups in total. The van der Waals surface area contributed by atoms with Crippen LogP contribution in [0.15, 0.2) is 0 Å². The van der Waals surface area contributed by atoms with Crippen molar-refractivity contribution in [3.63, 3.8) is 0 Å². The molecule has 2 heterocycles. The van der Waals surface area contributed by atoms with E-state index in [4.69, 9.17) is 9.47 Å². The summed E-state index contributed by atoms with van der Waals surface area (Å²) < 4.78 is 11.1. The maximum Gasteiger partial charge on any atom is 0.132 e. The number of hydrogen-bond acceptors (Lipinski definition) is 6. The predicted octanol–water partition coefficient (Wildman–Crippen LogP) is 0.903. The fraction of sp³-hybridized carbons (Fsp3) is 0.941. The van der Waals surface area contributed by atoms with Crippen molar-refractivity contribution in [2.24, 2.45) is 11.8 Å². The SMILES string of the molecule is CC.CC(=O)CC1OC[C@H](CC2OC2[C@@H](C)C(C)O)C(O)C1O. The lowest BCUT2D eigenvalue weighted by atomic mass is 9.86. The van der Waals surface area contributed by atoms with E-state index in [0.29, 0.717) is 13.0 Å². The van der Waals surface area contributed by atoms with Crippen molar-refractivity contribution in [3.8, 4) is 0 Å². The third-order valence-corrected chi connectivity index (χ3v) is 4.66. The topological polar surface area (TPSA) is 99.5 Å². The van der Waals surface area contributed by atoms with E-state index in [0.717, 1.165) is 0 Å². The van der Waals surface area contributed by atoms with Crippen molar-refractivity contribution in [1.29, 1.82) is 0 Å². The molecule has 0 radical (unpaired) electrons. The first-order valence-corrected chi connectivity index (χ1v) is 8.62. The van der Waals surface area contributed by atoms with E-state index in [1.54, 1.807) is 6.92 Å². The summed E-state index contributed by atoms with van der Waals surface area (Å²) >= 11 is 0. The molecule has 136 valence electrons. The van der Waals surface area contributed by atoms with Crippen LogP contribution in [0, 0.1) is 11.8 Å². The molecule has 6 nitrogen and oxygen atoms in total. The average molecular weight is 332 g/mol. The van der Waals surface area contributed by atoms with Gasteiger partial charge in [0.2, 0.25) is 0 Å². The first-order valence-electron chi connectivity index (χ1n) is 8.62. The number of carbonyl (C=O) groups excluding carboxylic acids is 1. The molecule has 6 heteroatoms. The van der Waals surface area contributed by atoms with Crippen LogP contribution in [0.1, 0.15) is 47.5 Å². The summed E-state index contributed by atoms with van der Waals surface area (Å²) in [5.41, 5.74) is 0. The Morgan fingerprint density at radius 3 is 2.30 bits per heavy atom. The van der Waals surface area contributed by atoms with Gasteiger partial charge in [-0.25, -0.2) is 0 Å². The Bertz CT molecular complexity index is 372. The van der Waals surface area contributed by atoms with Crippen LogP contribution in [0.3, 0.4) is 0 Å². The molecular weight excluding hydrogens is 300 g/mol. The average Bonchev–Trinajstić information content (AvgIpc) is 3.27. The van der Waals surface area contributed by atoms with Crippen LogP contribution < -0.4 is 0 Å².